The maximum absolute atomic E-state index is 13.1. The molecule has 0 spiro atoms. The van der Waals surface area contributed by atoms with Crippen LogP contribution in [0.2, 0.25) is 0 Å². The van der Waals surface area contributed by atoms with Crippen LogP contribution in [0.15, 0.2) is 18.2 Å². The van der Waals surface area contributed by atoms with Gasteiger partial charge in [-0.1, -0.05) is 0 Å². The van der Waals surface area contributed by atoms with Gasteiger partial charge in [0.25, 0.3) is 0 Å². The van der Waals surface area contributed by atoms with Gasteiger partial charge in [-0.3, -0.25) is 5.41 Å². The van der Waals surface area contributed by atoms with Gasteiger partial charge in [-0.2, -0.15) is 13.2 Å². The summed E-state index contributed by atoms with van der Waals surface area (Å²) in [6.45, 7) is 2.55. The maximum atomic E-state index is 13.1. The normalized spacial score (nSPS) is 23.2. The molecule has 116 valence electrons. The van der Waals surface area contributed by atoms with Gasteiger partial charge in [0.15, 0.2) is 0 Å². The van der Waals surface area contributed by atoms with Crippen LogP contribution in [0.5, 0.6) is 0 Å². The Morgan fingerprint density at radius 3 is 2.62 bits per heavy atom. The van der Waals surface area contributed by atoms with Crippen molar-refractivity contribution in [3.63, 3.8) is 0 Å². The Morgan fingerprint density at radius 2 is 2.10 bits per heavy atom. The van der Waals surface area contributed by atoms with Gasteiger partial charge in [0.1, 0.15) is 5.84 Å². The van der Waals surface area contributed by atoms with E-state index in [1.807, 2.05) is 0 Å². The van der Waals surface area contributed by atoms with Crippen molar-refractivity contribution in [2.75, 3.05) is 18.0 Å². The number of benzene rings is 1. The average molecular weight is 301 g/mol. The minimum absolute atomic E-state index is 0.281. The highest BCUT2D eigenvalue weighted by Crippen LogP contribution is 2.35. The Balaban J connectivity index is 2.40. The van der Waals surface area contributed by atoms with Crippen LogP contribution in [0.3, 0.4) is 0 Å². The molecule has 4 nitrogen and oxygen atoms in total. The van der Waals surface area contributed by atoms with E-state index in [2.05, 4.69) is 0 Å². The second-order valence-electron chi connectivity index (χ2n) is 5.66. The molecule has 1 aromatic rings. The van der Waals surface area contributed by atoms with E-state index in [-0.39, 0.29) is 12.1 Å². The molecule has 0 amide bonds. The molecule has 1 heterocycles. The SMILES string of the molecule is CC1(O)CCCN(c2ccc(C(=N)N)c(C(F)(F)F)c2)C1. The number of hydrogen-bond acceptors (Lipinski definition) is 3. The van der Waals surface area contributed by atoms with E-state index in [0.717, 1.165) is 6.07 Å². The molecule has 1 atom stereocenters. The number of nitrogens with two attached hydrogens (primary N) is 1. The number of nitrogen functional groups attached to an aromatic ring is 1. The number of nitrogens with zero attached hydrogens (tertiary/aromatic N) is 1. The van der Waals surface area contributed by atoms with Gasteiger partial charge in [0.2, 0.25) is 0 Å². The first-order chi connectivity index (χ1) is 9.60. The van der Waals surface area contributed by atoms with Crippen LogP contribution in [0.1, 0.15) is 30.9 Å². The zero-order valence-electron chi connectivity index (χ0n) is 11.7. The predicted octanol–water partition coefficient (Wildman–Crippen LogP) is 2.34. The molecule has 1 aliphatic rings. The van der Waals surface area contributed by atoms with Gasteiger partial charge in [0.05, 0.1) is 11.2 Å². The number of rotatable bonds is 2. The third-order valence-electron chi connectivity index (χ3n) is 3.64. The molecule has 0 saturated carbocycles. The zero-order chi connectivity index (χ0) is 15.8. The summed E-state index contributed by atoms with van der Waals surface area (Å²) in [7, 11) is 0. The Labute approximate surface area is 120 Å². The number of amidine groups is 1. The summed E-state index contributed by atoms with van der Waals surface area (Å²) < 4.78 is 39.3. The lowest BCUT2D eigenvalue weighted by Crippen LogP contribution is -2.46. The quantitative estimate of drug-likeness (QED) is 0.580. The molecular formula is C14H18F3N3O. The van der Waals surface area contributed by atoms with Crippen molar-refractivity contribution in [3.05, 3.63) is 29.3 Å². The topological polar surface area (TPSA) is 73.3 Å². The first-order valence-electron chi connectivity index (χ1n) is 6.63. The van der Waals surface area contributed by atoms with E-state index >= 15 is 0 Å². The van der Waals surface area contributed by atoms with Crippen LogP contribution in [0.4, 0.5) is 18.9 Å². The van der Waals surface area contributed by atoms with Crippen LogP contribution >= 0.6 is 0 Å². The molecule has 0 radical (unpaired) electrons. The summed E-state index contributed by atoms with van der Waals surface area (Å²) in [6.07, 6.45) is -3.24. The number of anilines is 1. The Kier molecular flexibility index (Phi) is 3.88. The molecule has 21 heavy (non-hydrogen) atoms. The molecule has 1 fully saturated rings. The molecule has 0 aromatic heterocycles. The van der Waals surface area contributed by atoms with Crippen LogP contribution in [-0.4, -0.2) is 29.6 Å². The van der Waals surface area contributed by atoms with E-state index < -0.39 is 23.2 Å². The van der Waals surface area contributed by atoms with Crippen molar-refractivity contribution in [3.8, 4) is 0 Å². The highest BCUT2D eigenvalue weighted by molar-refractivity contribution is 5.97. The molecule has 1 unspecified atom stereocenters. The molecule has 4 N–H and O–H groups in total. The minimum Gasteiger partial charge on any atom is -0.388 e. The van der Waals surface area contributed by atoms with Gasteiger partial charge in [0, 0.05) is 24.3 Å². The molecule has 0 bridgehead atoms. The number of alkyl halides is 3. The van der Waals surface area contributed by atoms with Gasteiger partial charge < -0.3 is 15.7 Å². The van der Waals surface area contributed by atoms with Crippen molar-refractivity contribution in [2.24, 2.45) is 5.73 Å². The van der Waals surface area contributed by atoms with E-state index in [4.69, 9.17) is 11.1 Å². The standard InChI is InChI=1S/C14H18F3N3O/c1-13(21)5-2-6-20(8-13)9-3-4-10(12(18)19)11(7-9)14(15,16)17/h3-4,7,21H,2,5-6,8H2,1H3,(H3,18,19). The van der Waals surface area contributed by atoms with E-state index in [1.165, 1.54) is 12.1 Å². The lowest BCUT2D eigenvalue weighted by Gasteiger charge is -2.38. The van der Waals surface area contributed by atoms with Gasteiger partial charge >= 0.3 is 6.18 Å². The lowest BCUT2D eigenvalue weighted by atomic mass is 9.94. The lowest BCUT2D eigenvalue weighted by molar-refractivity contribution is -0.137. The number of β-amino-alcohol motifs (C(OH)–C–C–N with tert-alkyl or cyclic N) is 1. The summed E-state index contributed by atoms with van der Waals surface area (Å²) in [6, 6.07) is 3.72. The molecule has 2 rings (SSSR count). The summed E-state index contributed by atoms with van der Waals surface area (Å²) >= 11 is 0. The van der Waals surface area contributed by atoms with Crippen molar-refractivity contribution in [2.45, 2.75) is 31.5 Å². The van der Waals surface area contributed by atoms with Gasteiger partial charge in [-0.15, -0.1) is 0 Å². The third-order valence-corrected chi connectivity index (χ3v) is 3.64. The summed E-state index contributed by atoms with van der Waals surface area (Å²) in [4.78, 5) is 1.72. The number of aliphatic hydroxyl groups is 1. The molecule has 1 saturated heterocycles. The molecular weight excluding hydrogens is 283 g/mol. The largest absolute Gasteiger partial charge is 0.417 e. The van der Waals surface area contributed by atoms with Crippen LogP contribution in [0, 0.1) is 5.41 Å². The van der Waals surface area contributed by atoms with Crippen molar-refractivity contribution >= 4 is 11.5 Å². The Morgan fingerprint density at radius 1 is 1.43 bits per heavy atom. The fraction of sp³-hybridized carbons (Fsp3) is 0.500. The highest BCUT2D eigenvalue weighted by Gasteiger charge is 2.35. The summed E-state index contributed by atoms with van der Waals surface area (Å²) in [5.41, 5.74) is 3.44. The number of halogens is 3. The summed E-state index contributed by atoms with van der Waals surface area (Å²) in [5.74, 6) is -0.612. The number of hydrogen-bond donors (Lipinski definition) is 3. The van der Waals surface area contributed by atoms with Gasteiger partial charge in [-0.25, -0.2) is 0 Å². The fourth-order valence-corrected chi connectivity index (χ4v) is 2.64. The number of piperidine rings is 1. The van der Waals surface area contributed by atoms with E-state index in [0.29, 0.717) is 25.1 Å². The highest BCUT2D eigenvalue weighted by atomic mass is 19.4. The third kappa shape index (κ3) is 3.47. The fourth-order valence-electron chi connectivity index (χ4n) is 2.64. The Bertz CT molecular complexity index is 555. The smallest absolute Gasteiger partial charge is 0.388 e. The van der Waals surface area contributed by atoms with Gasteiger partial charge in [-0.05, 0) is 38.0 Å². The average Bonchev–Trinajstić information content (AvgIpc) is 2.35. The first-order valence-corrected chi connectivity index (χ1v) is 6.63. The van der Waals surface area contributed by atoms with Crippen LogP contribution < -0.4 is 10.6 Å². The summed E-state index contributed by atoms with van der Waals surface area (Å²) in [5, 5.41) is 17.3. The monoisotopic (exact) mass is 301 g/mol. The number of nitrogens with one attached hydrogen (secondary N) is 1. The predicted molar refractivity (Wildman–Crippen MR) is 74.5 cm³/mol. The van der Waals surface area contributed by atoms with Crippen molar-refractivity contribution < 1.29 is 18.3 Å². The maximum Gasteiger partial charge on any atom is 0.417 e. The van der Waals surface area contributed by atoms with Crippen molar-refractivity contribution in [1.29, 1.82) is 5.41 Å². The van der Waals surface area contributed by atoms with Crippen molar-refractivity contribution in [1.82, 2.24) is 0 Å². The molecule has 0 aliphatic carbocycles. The molecule has 1 aromatic carbocycles. The zero-order valence-corrected chi connectivity index (χ0v) is 11.7. The molecule has 7 heteroatoms. The molecule has 1 aliphatic heterocycles. The van der Waals surface area contributed by atoms with Crippen LogP contribution in [0.25, 0.3) is 0 Å². The van der Waals surface area contributed by atoms with Crippen LogP contribution in [-0.2, 0) is 6.18 Å². The second-order valence-corrected chi connectivity index (χ2v) is 5.66. The van der Waals surface area contributed by atoms with E-state index in [1.54, 1.807) is 11.8 Å². The van der Waals surface area contributed by atoms with E-state index in [9.17, 15) is 18.3 Å². The minimum atomic E-state index is -4.57. The second kappa shape index (κ2) is 5.22. The first kappa shape index (κ1) is 15.6. The Hall–Kier alpha value is -1.76.